The van der Waals surface area contributed by atoms with Crippen molar-refractivity contribution in [2.24, 2.45) is 0 Å². The van der Waals surface area contributed by atoms with Gasteiger partial charge in [-0.25, -0.2) is 0 Å². The molecule has 2 aromatic rings. The molecule has 0 amide bonds. The van der Waals surface area contributed by atoms with E-state index in [1.54, 1.807) is 4.68 Å². The first-order valence-electron chi connectivity index (χ1n) is 7.20. The van der Waals surface area contributed by atoms with E-state index in [0.717, 1.165) is 24.9 Å². The lowest BCUT2D eigenvalue weighted by Crippen LogP contribution is -2.21. The van der Waals surface area contributed by atoms with Gasteiger partial charge in [-0.1, -0.05) is 24.2 Å². The van der Waals surface area contributed by atoms with Crippen LogP contribution in [0.5, 0.6) is 0 Å². The van der Waals surface area contributed by atoms with E-state index in [-0.39, 0.29) is 5.25 Å². The Labute approximate surface area is 128 Å². The van der Waals surface area contributed by atoms with Gasteiger partial charge in [-0.2, -0.15) is 4.68 Å². The van der Waals surface area contributed by atoms with Gasteiger partial charge in [-0.3, -0.25) is 4.79 Å². The normalized spacial score (nSPS) is 19.0. The number of hydrogen-bond donors (Lipinski definition) is 0. The average Bonchev–Trinajstić information content (AvgIpc) is 2.93. The molecular weight excluding hydrogens is 284 g/mol. The summed E-state index contributed by atoms with van der Waals surface area (Å²) in [4.78, 5) is 12.0. The first-order valence-corrected chi connectivity index (χ1v) is 8.08. The second kappa shape index (κ2) is 5.97. The highest BCUT2D eigenvalue weighted by Gasteiger charge is 2.25. The summed E-state index contributed by atoms with van der Waals surface area (Å²) < 4.78 is 1.72. The van der Waals surface area contributed by atoms with Crippen molar-refractivity contribution in [2.45, 2.75) is 49.9 Å². The Morgan fingerprint density at radius 2 is 2.10 bits per heavy atom. The zero-order chi connectivity index (χ0) is 14.8. The summed E-state index contributed by atoms with van der Waals surface area (Å²) >= 11 is 1.49. The summed E-state index contributed by atoms with van der Waals surface area (Å²) in [6, 6.07) is 6.14. The number of carbonyl (C=O) groups excluding carboxylic acids is 1. The molecule has 1 aromatic carbocycles. The van der Waals surface area contributed by atoms with Crippen molar-refractivity contribution in [1.29, 1.82) is 0 Å². The van der Waals surface area contributed by atoms with Crippen molar-refractivity contribution in [3.8, 4) is 5.69 Å². The van der Waals surface area contributed by atoms with Crippen LogP contribution in [0.1, 0.15) is 36.8 Å². The van der Waals surface area contributed by atoms with Crippen LogP contribution in [0.4, 0.5) is 0 Å². The van der Waals surface area contributed by atoms with E-state index in [1.165, 1.54) is 22.9 Å². The highest BCUT2D eigenvalue weighted by atomic mass is 32.2. The minimum atomic E-state index is -0.00459. The Morgan fingerprint density at radius 1 is 1.24 bits per heavy atom. The van der Waals surface area contributed by atoms with Crippen LogP contribution < -0.4 is 0 Å². The molecule has 110 valence electrons. The predicted molar refractivity (Wildman–Crippen MR) is 81.7 cm³/mol. The van der Waals surface area contributed by atoms with Gasteiger partial charge < -0.3 is 0 Å². The standard InChI is InChI=1S/C15H18N4OS/c1-10-7-8-12(9-11(10)2)19-15(16-17-18-19)21-14-6-4-3-5-13(14)20/h7-9,14H,3-6H2,1-2H3/t14-/m1/s1. The molecule has 0 saturated heterocycles. The Hall–Kier alpha value is -1.69. The fourth-order valence-electron chi connectivity index (χ4n) is 2.47. The molecule has 1 heterocycles. The lowest BCUT2D eigenvalue weighted by Gasteiger charge is -2.19. The second-order valence-electron chi connectivity index (χ2n) is 5.46. The Morgan fingerprint density at radius 3 is 2.86 bits per heavy atom. The molecule has 5 nitrogen and oxygen atoms in total. The van der Waals surface area contributed by atoms with E-state index < -0.39 is 0 Å². The summed E-state index contributed by atoms with van der Waals surface area (Å²) in [7, 11) is 0. The van der Waals surface area contributed by atoms with Crippen molar-refractivity contribution in [1.82, 2.24) is 20.2 Å². The SMILES string of the molecule is Cc1ccc(-n2nnnc2S[C@@H]2CCCCC2=O)cc1C. The van der Waals surface area contributed by atoms with E-state index in [1.807, 2.05) is 6.07 Å². The van der Waals surface area contributed by atoms with Crippen molar-refractivity contribution < 1.29 is 4.79 Å². The molecule has 0 spiro atoms. The molecule has 0 aliphatic heterocycles. The zero-order valence-electron chi connectivity index (χ0n) is 12.2. The van der Waals surface area contributed by atoms with E-state index in [9.17, 15) is 4.79 Å². The molecule has 3 rings (SSSR count). The molecule has 6 heteroatoms. The van der Waals surface area contributed by atoms with Gasteiger partial charge in [0.05, 0.1) is 10.9 Å². The third-order valence-corrected chi connectivity index (χ3v) is 5.17. The van der Waals surface area contributed by atoms with Gasteiger partial charge in [0, 0.05) is 6.42 Å². The molecule has 1 aromatic heterocycles. The van der Waals surface area contributed by atoms with E-state index in [0.29, 0.717) is 17.4 Å². The molecule has 0 unspecified atom stereocenters. The average molecular weight is 302 g/mol. The molecule has 1 aliphatic rings. The van der Waals surface area contributed by atoms with Crippen LogP contribution in [0.2, 0.25) is 0 Å². The van der Waals surface area contributed by atoms with Crippen LogP contribution in [-0.4, -0.2) is 31.2 Å². The highest BCUT2D eigenvalue weighted by Crippen LogP contribution is 2.31. The van der Waals surface area contributed by atoms with Crippen LogP contribution in [-0.2, 0) is 4.79 Å². The van der Waals surface area contributed by atoms with Gasteiger partial charge in [0.2, 0.25) is 5.16 Å². The van der Waals surface area contributed by atoms with Crippen LogP contribution >= 0.6 is 11.8 Å². The number of tetrazole rings is 1. The molecular formula is C15H18N4OS. The van der Waals surface area contributed by atoms with Gasteiger partial charge in [0.15, 0.2) is 0 Å². The van der Waals surface area contributed by atoms with E-state index >= 15 is 0 Å². The number of benzene rings is 1. The van der Waals surface area contributed by atoms with Gasteiger partial charge >= 0.3 is 0 Å². The number of rotatable bonds is 3. The maximum atomic E-state index is 12.0. The fourth-order valence-corrected chi connectivity index (χ4v) is 3.59. The number of hydrogen-bond acceptors (Lipinski definition) is 5. The number of ketones is 1. The molecule has 0 bridgehead atoms. The molecule has 1 aliphatic carbocycles. The topological polar surface area (TPSA) is 60.7 Å². The van der Waals surface area contributed by atoms with Gasteiger partial charge in [0.25, 0.3) is 0 Å². The fraction of sp³-hybridized carbons (Fsp3) is 0.467. The maximum absolute atomic E-state index is 12.0. The van der Waals surface area contributed by atoms with Crippen LogP contribution in [0.3, 0.4) is 0 Å². The van der Waals surface area contributed by atoms with Gasteiger partial charge in [0.1, 0.15) is 5.78 Å². The Kier molecular flexibility index (Phi) is 4.05. The first kappa shape index (κ1) is 14.3. The second-order valence-corrected chi connectivity index (χ2v) is 6.63. The summed E-state index contributed by atoms with van der Waals surface area (Å²) in [5.41, 5.74) is 3.38. The van der Waals surface area contributed by atoms with Gasteiger partial charge in [-0.05, 0) is 60.4 Å². The summed E-state index contributed by atoms with van der Waals surface area (Å²) in [6.45, 7) is 4.15. The molecule has 0 radical (unpaired) electrons. The number of thioether (sulfide) groups is 1. The first-order chi connectivity index (χ1) is 10.1. The number of aryl methyl sites for hydroxylation is 2. The van der Waals surface area contributed by atoms with Crippen LogP contribution in [0.25, 0.3) is 5.69 Å². The molecule has 21 heavy (non-hydrogen) atoms. The monoisotopic (exact) mass is 302 g/mol. The van der Waals surface area contributed by atoms with Crippen molar-refractivity contribution in [3.63, 3.8) is 0 Å². The Balaban J connectivity index is 1.86. The van der Waals surface area contributed by atoms with Crippen molar-refractivity contribution in [2.75, 3.05) is 0 Å². The zero-order valence-corrected chi connectivity index (χ0v) is 13.1. The number of Topliss-reactive ketones (excluding diaryl/α,β-unsaturated/α-hetero) is 1. The number of aromatic nitrogens is 4. The summed E-state index contributed by atoms with van der Waals surface area (Å²) in [5.74, 6) is 0.320. The molecule has 1 atom stereocenters. The van der Waals surface area contributed by atoms with E-state index in [2.05, 4.69) is 41.5 Å². The Bertz CT molecular complexity index is 667. The van der Waals surface area contributed by atoms with E-state index in [4.69, 9.17) is 0 Å². The molecule has 0 N–H and O–H groups in total. The predicted octanol–water partition coefficient (Wildman–Crippen LogP) is 2.88. The quantitative estimate of drug-likeness (QED) is 0.872. The lowest BCUT2D eigenvalue weighted by atomic mass is 9.99. The lowest BCUT2D eigenvalue weighted by molar-refractivity contribution is -0.119. The number of carbonyl (C=O) groups is 1. The van der Waals surface area contributed by atoms with Crippen molar-refractivity contribution in [3.05, 3.63) is 29.3 Å². The van der Waals surface area contributed by atoms with Gasteiger partial charge in [-0.15, -0.1) is 5.10 Å². The third-order valence-electron chi connectivity index (χ3n) is 3.92. The molecule has 1 saturated carbocycles. The largest absolute Gasteiger partial charge is 0.298 e. The minimum absolute atomic E-state index is 0.00459. The third kappa shape index (κ3) is 3.00. The highest BCUT2D eigenvalue weighted by molar-refractivity contribution is 8.00. The smallest absolute Gasteiger partial charge is 0.214 e. The molecule has 1 fully saturated rings. The van der Waals surface area contributed by atoms with Crippen LogP contribution in [0.15, 0.2) is 23.4 Å². The minimum Gasteiger partial charge on any atom is -0.298 e. The number of nitrogens with zero attached hydrogens (tertiary/aromatic N) is 4. The maximum Gasteiger partial charge on any atom is 0.214 e. The van der Waals surface area contributed by atoms with Crippen LogP contribution in [0, 0.1) is 13.8 Å². The summed E-state index contributed by atoms with van der Waals surface area (Å²) in [6.07, 6.45) is 3.72. The van der Waals surface area contributed by atoms with Crippen molar-refractivity contribution >= 4 is 17.5 Å². The summed E-state index contributed by atoms with van der Waals surface area (Å²) in [5, 5.41) is 12.6.